The molecule has 3 nitrogen and oxygen atoms in total. The highest BCUT2D eigenvalue weighted by molar-refractivity contribution is 14.1. The van der Waals surface area contributed by atoms with E-state index in [0.717, 1.165) is 4.47 Å². The van der Waals surface area contributed by atoms with Crippen LogP contribution in [0.5, 0.6) is 0 Å². The number of nitrogen functional groups attached to an aromatic ring is 1. The molecule has 0 aliphatic heterocycles. The SMILES string of the molecule is COC(=O)c1cc(Br)cc(N)c1I. The van der Waals surface area contributed by atoms with Gasteiger partial charge in [0.05, 0.1) is 16.2 Å². The van der Waals surface area contributed by atoms with Crippen molar-refractivity contribution in [3.63, 3.8) is 0 Å². The molecule has 0 spiro atoms. The minimum absolute atomic E-state index is 0.377. The molecule has 0 heterocycles. The Labute approximate surface area is 97.9 Å². The molecule has 1 aromatic rings. The van der Waals surface area contributed by atoms with Crippen molar-refractivity contribution in [3.8, 4) is 0 Å². The summed E-state index contributed by atoms with van der Waals surface area (Å²) >= 11 is 5.27. The average molecular weight is 356 g/mol. The van der Waals surface area contributed by atoms with Gasteiger partial charge in [-0.15, -0.1) is 0 Å². The first-order valence-electron chi connectivity index (χ1n) is 3.39. The molecule has 0 atom stereocenters. The first kappa shape index (κ1) is 10.8. The fourth-order valence-corrected chi connectivity index (χ4v) is 1.88. The normalized spacial score (nSPS) is 9.77. The fraction of sp³-hybridized carbons (Fsp3) is 0.125. The molecule has 0 bridgehead atoms. The molecule has 5 heteroatoms. The van der Waals surface area contributed by atoms with Crippen LogP contribution in [0.1, 0.15) is 10.4 Å². The standard InChI is InChI=1S/C8H7BrINO2/c1-13-8(12)5-2-4(9)3-6(11)7(5)10/h2-3H,11H2,1H3. The zero-order chi connectivity index (χ0) is 10.0. The van der Waals surface area contributed by atoms with Crippen LogP contribution >= 0.6 is 38.5 Å². The number of esters is 1. The largest absolute Gasteiger partial charge is 0.465 e. The Kier molecular flexibility index (Phi) is 3.55. The molecule has 0 aliphatic carbocycles. The second-order valence-electron chi connectivity index (χ2n) is 2.35. The van der Waals surface area contributed by atoms with Crippen LogP contribution in [0.25, 0.3) is 0 Å². The molecule has 0 aromatic heterocycles. The molecule has 0 amide bonds. The third-order valence-electron chi connectivity index (χ3n) is 1.47. The highest BCUT2D eigenvalue weighted by atomic mass is 127. The Morgan fingerprint density at radius 2 is 2.23 bits per heavy atom. The smallest absolute Gasteiger partial charge is 0.339 e. The number of carbonyl (C=O) groups is 1. The lowest BCUT2D eigenvalue weighted by atomic mass is 10.2. The van der Waals surface area contributed by atoms with Crippen LogP contribution in [0, 0.1) is 3.57 Å². The molecule has 1 aromatic carbocycles. The highest BCUT2D eigenvalue weighted by Crippen LogP contribution is 2.25. The highest BCUT2D eigenvalue weighted by Gasteiger charge is 2.13. The first-order valence-corrected chi connectivity index (χ1v) is 5.26. The van der Waals surface area contributed by atoms with E-state index in [0.29, 0.717) is 14.8 Å². The number of methoxy groups -OCH3 is 1. The van der Waals surface area contributed by atoms with Gasteiger partial charge in [-0.05, 0) is 34.7 Å². The van der Waals surface area contributed by atoms with Gasteiger partial charge in [-0.2, -0.15) is 0 Å². The maximum Gasteiger partial charge on any atom is 0.339 e. The molecule has 1 rings (SSSR count). The second kappa shape index (κ2) is 4.28. The quantitative estimate of drug-likeness (QED) is 0.478. The minimum atomic E-state index is -0.377. The number of hydrogen-bond donors (Lipinski definition) is 1. The number of nitrogens with two attached hydrogens (primary N) is 1. The van der Waals surface area contributed by atoms with Crippen LogP contribution in [-0.2, 0) is 4.74 Å². The van der Waals surface area contributed by atoms with E-state index in [1.165, 1.54) is 7.11 Å². The predicted molar refractivity (Wildman–Crippen MR) is 62.6 cm³/mol. The number of anilines is 1. The number of rotatable bonds is 1. The van der Waals surface area contributed by atoms with Crippen molar-refractivity contribution < 1.29 is 9.53 Å². The van der Waals surface area contributed by atoms with E-state index < -0.39 is 0 Å². The molecular formula is C8H7BrINO2. The molecule has 0 saturated heterocycles. The van der Waals surface area contributed by atoms with Gasteiger partial charge in [0.15, 0.2) is 0 Å². The van der Waals surface area contributed by atoms with Gasteiger partial charge in [-0.25, -0.2) is 4.79 Å². The number of benzene rings is 1. The molecular weight excluding hydrogens is 349 g/mol. The van der Waals surface area contributed by atoms with Gasteiger partial charge >= 0.3 is 5.97 Å². The van der Waals surface area contributed by atoms with Crippen molar-refractivity contribution in [3.05, 3.63) is 25.7 Å². The molecule has 0 aliphatic rings. The summed E-state index contributed by atoms with van der Waals surface area (Å²) in [6, 6.07) is 3.43. The Balaban J connectivity index is 3.28. The van der Waals surface area contributed by atoms with E-state index in [1.807, 2.05) is 22.6 Å². The monoisotopic (exact) mass is 355 g/mol. The van der Waals surface area contributed by atoms with Crippen LogP contribution in [0.4, 0.5) is 5.69 Å². The van der Waals surface area contributed by atoms with Crippen LogP contribution in [0.15, 0.2) is 16.6 Å². The van der Waals surface area contributed by atoms with E-state index in [4.69, 9.17) is 5.73 Å². The Morgan fingerprint density at radius 1 is 1.62 bits per heavy atom. The summed E-state index contributed by atoms with van der Waals surface area (Å²) in [7, 11) is 1.34. The van der Waals surface area contributed by atoms with Gasteiger partial charge in [0.25, 0.3) is 0 Å². The number of carbonyl (C=O) groups excluding carboxylic acids is 1. The lowest BCUT2D eigenvalue weighted by Crippen LogP contribution is -2.05. The number of ether oxygens (including phenoxy) is 1. The maximum atomic E-state index is 11.2. The van der Waals surface area contributed by atoms with E-state index >= 15 is 0 Å². The second-order valence-corrected chi connectivity index (χ2v) is 4.34. The van der Waals surface area contributed by atoms with E-state index in [-0.39, 0.29) is 5.97 Å². The fourth-order valence-electron chi connectivity index (χ4n) is 0.869. The lowest BCUT2D eigenvalue weighted by molar-refractivity contribution is 0.0599. The van der Waals surface area contributed by atoms with Gasteiger partial charge in [0.1, 0.15) is 0 Å². The summed E-state index contributed by atoms with van der Waals surface area (Å²) in [6.07, 6.45) is 0. The minimum Gasteiger partial charge on any atom is -0.465 e. The van der Waals surface area contributed by atoms with Crippen molar-refractivity contribution in [1.29, 1.82) is 0 Å². The van der Waals surface area contributed by atoms with Crippen molar-refractivity contribution >= 4 is 50.2 Å². The summed E-state index contributed by atoms with van der Waals surface area (Å²) < 4.78 is 6.09. The van der Waals surface area contributed by atoms with E-state index in [9.17, 15) is 4.79 Å². The zero-order valence-corrected chi connectivity index (χ0v) is 10.5. The average Bonchev–Trinajstić information content (AvgIpc) is 2.10. The predicted octanol–water partition coefficient (Wildman–Crippen LogP) is 2.42. The van der Waals surface area contributed by atoms with Crippen LogP contribution in [0.3, 0.4) is 0 Å². The molecule has 70 valence electrons. The third-order valence-corrected chi connectivity index (χ3v) is 3.13. The molecule has 0 saturated carbocycles. The Bertz CT molecular complexity index is 354. The topological polar surface area (TPSA) is 52.3 Å². The van der Waals surface area contributed by atoms with Gasteiger partial charge in [-0.1, -0.05) is 15.9 Å². The maximum absolute atomic E-state index is 11.2. The molecule has 0 unspecified atom stereocenters. The molecule has 2 N–H and O–H groups in total. The molecule has 0 radical (unpaired) electrons. The summed E-state index contributed by atoms with van der Waals surface area (Å²) in [6.45, 7) is 0. The van der Waals surface area contributed by atoms with Crippen LogP contribution in [0.2, 0.25) is 0 Å². The third kappa shape index (κ3) is 2.34. The molecule has 0 fully saturated rings. The van der Waals surface area contributed by atoms with E-state index in [1.54, 1.807) is 12.1 Å². The summed E-state index contributed by atoms with van der Waals surface area (Å²) in [5, 5.41) is 0. The molecule has 13 heavy (non-hydrogen) atoms. The summed E-state index contributed by atoms with van der Waals surface area (Å²) in [5.41, 5.74) is 6.72. The zero-order valence-electron chi connectivity index (χ0n) is 6.80. The van der Waals surface area contributed by atoms with Crippen molar-refractivity contribution in [1.82, 2.24) is 0 Å². The van der Waals surface area contributed by atoms with Crippen molar-refractivity contribution in [2.45, 2.75) is 0 Å². The Hall–Kier alpha value is -0.300. The van der Waals surface area contributed by atoms with Crippen LogP contribution in [-0.4, -0.2) is 13.1 Å². The number of halogens is 2. The summed E-state index contributed by atoms with van der Waals surface area (Å²) in [4.78, 5) is 11.2. The van der Waals surface area contributed by atoms with Crippen molar-refractivity contribution in [2.75, 3.05) is 12.8 Å². The van der Waals surface area contributed by atoms with Gasteiger partial charge in [0, 0.05) is 10.2 Å². The summed E-state index contributed by atoms with van der Waals surface area (Å²) in [5.74, 6) is -0.377. The first-order chi connectivity index (χ1) is 6.06. The van der Waals surface area contributed by atoms with Crippen LogP contribution < -0.4 is 5.73 Å². The van der Waals surface area contributed by atoms with Gasteiger partial charge in [0.2, 0.25) is 0 Å². The number of hydrogen-bond acceptors (Lipinski definition) is 3. The van der Waals surface area contributed by atoms with E-state index in [2.05, 4.69) is 20.7 Å². The van der Waals surface area contributed by atoms with Gasteiger partial charge in [-0.3, -0.25) is 0 Å². The van der Waals surface area contributed by atoms with Gasteiger partial charge < -0.3 is 10.5 Å². The van der Waals surface area contributed by atoms with Crippen molar-refractivity contribution in [2.24, 2.45) is 0 Å². The lowest BCUT2D eigenvalue weighted by Gasteiger charge is -2.05. The Morgan fingerprint density at radius 3 is 2.77 bits per heavy atom.